The lowest BCUT2D eigenvalue weighted by Gasteiger charge is -2.06. The Kier molecular flexibility index (Phi) is 7.18. The van der Waals surface area contributed by atoms with Crippen molar-refractivity contribution in [3.63, 3.8) is 0 Å². The SMILES string of the molecule is C=CCC/C(CCc1ccccc1)=N\Oc1ccc([N+](=O)[O-])cc1[N+](=O)[O-]. The Morgan fingerprint density at radius 1 is 1.07 bits per heavy atom. The van der Waals surface area contributed by atoms with Crippen molar-refractivity contribution in [3.05, 3.63) is 87.0 Å². The molecule has 0 aliphatic carbocycles. The second-order valence-electron chi connectivity index (χ2n) is 5.73. The van der Waals surface area contributed by atoms with Gasteiger partial charge in [0.1, 0.15) is 0 Å². The van der Waals surface area contributed by atoms with Gasteiger partial charge in [-0.2, -0.15) is 0 Å². The molecule has 0 heterocycles. The van der Waals surface area contributed by atoms with E-state index in [2.05, 4.69) is 11.7 Å². The number of nitro benzene ring substituents is 2. The average molecular weight is 369 g/mol. The summed E-state index contributed by atoms with van der Waals surface area (Å²) in [6.07, 6.45) is 4.43. The predicted molar refractivity (Wildman–Crippen MR) is 102 cm³/mol. The second-order valence-corrected chi connectivity index (χ2v) is 5.73. The monoisotopic (exact) mass is 369 g/mol. The lowest BCUT2D eigenvalue weighted by atomic mass is 10.0. The maximum atomic E-state index is 11.2. The molecule has 0 N–H and O–H groups in total. The normalized spacial score (nSPS) is 11.0. The molecule has 0 bridgehead atoms. The number of nitro groups is 2. The van der Waals surface area contributed by atoms with Crippen LogP contribution in [-0.4, -0.2) is 15.6 Å². The highest BCUT2D eigenvalue weighted by atomic mass is 16.7. The van der Waals surface area contributed by atoms with Gasteiger partial charge in [0.05, 0.1) is 21.6 Å². The number of non-ortho nitro benzene ring substituents is 1. The van der Waals surface area contributed by atoms with E-state index in [9.17, 15) is 20.2 Å². The van der Waals surface area contributed by atoms with E-state index in [1.165, 1.54) is 6.07 Å². The number of hydrogen-bond donors (Lipinski definition) is 0. The molecule has 0 saturated carbocycles. The van der Waals surface area contributed by atoms with E-state index in [0.717, 1.165) is 29.8 Å². The predicted octanol–water partition coefficient (Wildman–Crippen LogP) is 4.84. The molecule has 0 spiro atoms. The van der Waals surface area contributed by atoms with Gasteiger partial charge in [-0.15, -0.1) is 6.58 Å². The summed E-state index contributed by atoms with van der Waals surface area (Å²) in [7, 11) is 0. The first-order chi connectivity index (χ1) is 13.0. The van der Waals surface area contributed by atoms with Crippen LogP contribution in [0.3, 0.4) is 0 Å². The lowest BCUT2D eigenvalue weighted by Crippen LogP contribution is -2.04. The van der Waals surface area contributed by atoms with Gasteiger partial charge in [-0.05, 0) is 37.3 Å². The van der Waals surface area contributed by atoms with Gasteiger partial charge >= 0.3 is 5.69 Å². The third-order valence-corrected chi connectivity index (χ3v) is 3.81. The molecule has 27 heavy (non-hydrogen) atoms. The topological polar surface area (TPSA) is 108 Å². The van der Waals surface area contributed by atoms with Crippen molar-refractivity contribution in [3.8, 4) is 5.75 Å². The highest BCUT2D eigenvalue weighted by Gasteiger charge is 2.21. The molecule has 0 aliphatic rings. The number of benzene rings is 2. The fraction of sp³-hybridized carbons (Fsp3) is 0.211. The van der Waals surface area contributed by atoms with Crippen molar-refractivity contribution >= 4 is 17.1 Å². The van der Waals surface area contributed by atoms with Crippen molar-refractivity contribution in [2.45, 2.75) is 25.7 Å². The van der Waals surface area contributed by atoms with Crippen LogP contribution in [0.2, 0.25) is 0 Å². The number of nitrogens with zero attached hydrogens (tertiary/aromatic N) is 3. The largest absolute Gasteiger partial charge is 0.350 e. The van der Waals surface area contributed by atoms with E-state index >= 15 is 0 Å². The molecule has 0 amide bonds. The van der Waals surface area contributed by atoms with Crippen LogP contribution >= 0.6 is 0 Å². The Morgan fingerprint density at radius 2 is 1.81 bits per heavy atom. The molecule has 2 aromatic rings. The van der Waals surface area contributed by atoms with Crippen molar-refractivity contribution in [2.24, 2.45) is 5.16 Å². The van der Waals surface area contributed by atoms with E-state index in [4.69, 9.17) is 4.84 Å². The minimum atomic E-state index is -0.731. The molecule has 0 aliphatic heterocycles. The van der Waals surface area contributed by atoms with Gasteiger partial charge < -0.3 is 4.84 Å². The molecule has 0 fully saturated rings. The highest BCUT2D eigenvalue weighted by Crippen LogP contribution is 2.31. The van der Waals surface area contributed by atoms with Gasteiger partial charge in [0.2, 0.25) is 5.75 Å². The van der Waals surface area contributed by atoms with Crippen molar-refractivity contribution in [1.82, 2.24) is 0 Å². The van der Waals surface area contributed by atoms with Crippen LogP contribution in [0.1, 0.15) is 24.8 Å². The van der Waals surface area contributed by atoms with Gasteiger partial charge in [-0.3, -0.25) is 20.2 Å². The Balaban J connectivity index is 2.17. The van der Waals surface area contributed by atoms with E-state index in [1.807, 2.05) is 30.3 Å². The quantitative estimate of drug-likeness (QED) is 0.258. The van der Waals surface area contributed by atoms with Crippen molar-refractivity contribution in [1.29, 1.82) is 0 Å². The van der Waals surface area contributed by atoms with Gasteiger partial charge in [-0.1, -0.05) is 41.6 Å². The van der Waals surface area contributed by atoms with E-state index < -0.39 is 15.5 Å². The van der Waals surface area contributed by atoms with Gasteiger partial charge in [0.25, 0.3) is 5.69 Å². The minimum Gasteiger partial charge on any atom is -0.350 e. The maximum absolute atomic E-state index is 11.2. The summed E-state index contributed by atoms with van der Waals surface area (Å²) in [6.45, 7) is 3.68. The molecule has 8 nitrogen and oxygen atoms in total. The Labute approximate surface area is 156 Å². The van der Waals surface area contributed by atoms with Crippen molar-refractivity contribution in [2.75, 3.05) is 0 Å². The molecular formula is C19H19N3O5. The Hall–Kier alpha value is -3.55. The van der Waals surface area contributed by atoms with Crippen LogP contribution < -0.4 is 4.84 Å². The summed E-state index contributed by atoms with van der Waals surface area (Å²) < 4.78 is 0. The number of allylic oxidation sites excluding steroid dienone is 1. The molecule has 2 rings (SSSR count). The van der Waals surface area contributed by atoms with E-state index in [1.54, 1.807) is 6.08 Å². The van der Waals surface area contributed by atoms with Crippen LogP contribution in [0.25, 0.3) is 0 Å². The van der Waals surface area contributed by atoms with Gasteiger partial charge in [0, 0.05) is 6.07 Å². The first-order valence-electron chi connectivity index (χ1n) is 8.31. The van der Waals surface area contributed by atoms with Gasteiger partial charge in [-0.25, -0.2) is 0 Å². The summed E-state index contributed by atoms with van der Waals surface area (Å²) in [6, 6.07) is 13.0. The third kappa shape index (κ3) is 6.03. The standard InChI is InChI=1S/C19H19N3O5/c1-2-3-9-16(11-10-15-7-5-4-6-8-15)20-27-19-13-12-17(21(23)24)14-18(19)22(25)26/h2,4-8,12-14H,1,3,9-11H2/b20-16+. The van der Waals surface area contributed by atoms with Crippen LogP contribution in [0.15, 0.2) is 66.3 Å². The molecule has 0 aromatic heterocycles. The fourth-order valence-corrected chi connectivity index (χ4v) is 2.37. The van der Waals surface area contributed by atoms with E-state index in [0.29, 0.717) is 19.3 Å². The molecule has 0 atom stereocenters. The highest BCUT2D eigenvalue weighted by molar-refractivity contribution is 5.84. The van der Waals surface area contributed by atoms with Crippen LogP contribution in [0, 0.1) is 20.2 Å². The fourth-order valence-electron chi connectivity index (χ4n) is 2.37. The minimum absolute atomic E-state index is 0.138. The lowest BCUT2D eigenvalue weighted by molar-refractivity contribution is -0.394. The summed E-state index contributed by atoms with van der Waals surface area (Å²) in [5.41, 5.74) is 0.990. The summed E-state index contributed by atoms with van der Waals surface area (Å²) in [5.74, 6) is -0.138. The molecule has 0 radical (unpaired) electrons. The summed E-state index contributed by atoms with van der Waals surface area (Å²) >= 11 is 0. The zero-order valence-corrected chi connectivity index (χ0v) is 14.6. The Morgan fingerprint density at radius 3 is 2.44 bits per heavy atom. The molecule has 2 aromatic carbocycles. The smallest absolute Gasteiger partial charge is 0.321 e. The van der Waals surface area contributed by atoms with Gasteiger partial charge in [0.15, 0.2) is 0 Å². The Bertz CT molecular complexity index is 850. The number of rotatable bonds is 10. The molecular weight excluding hydrogens is 350 g/mol. The first kappa shape index (κ1) is 19.8. The number of oxime groups is 1. The van der Waals surface area contributed by atoms with Crippen LogP contribution in [-0.2, 0) is 6.42 Å². The van der Waals surface area contributed by atoms with Crippen molar-refractivity contribution < 1.29 is 14.7 Å². The van der Waals surface area contributed by atoms with Crippen LogP contribution in [0.4, 0.5) is 11.4 Å². The van der Waals surface area contributed by atoms with E-state index in [-0.39, 0.29) is 11.4 Å². The van der Waals surface area contributed by atoms with Crippen LogP contribution in [0.5, 0.6) is 5.75 Å². The molecule has 0 saturated heterocycles. The summed E-state index contributed by atoms with van der Waals surface area (Å²) in [5, 5.41) is 26.0. The maximum Gasteiger partial charge on any atom is 0.321 e. The first-order valence-corrected chi connectivity index (χ1v) is 8.31. The zero-order chi connectivity index (χ0) is 19.6. The summed E-state index contributed by atoms with van der Waals surface area (Å²) in [4.78, 5) is 25.8. The third-order valence-electron chi connectivity index (χ3n) is 3.81. The second kappa shape index (κ2) is 9.81. The number of hydrogen-bond acceptors (Lipinski definition) is 6. The molecule has 0 unspecified atom stereocenters. The molecule has 140 valence electrons. The zero-order valence-electron chi connectivity index (χ0n) is 14.6. The molecule has 8 heteroatoms. The average Bonchev–Trinajstić information content (AvgIpc) is 2.67. The number of aryl methyl sites for hydroxylation is 1.